The Bertz CT molecular complexity index is 977. The zero-order chi connectivity index (χ0) is 18.5. The minimum atomic E-state index is 0.233. The van der Waals surface area contributed by atoms with E-state index >= 15 is 0 Å². The quantitative estimate of drug-likeness (QED) is 0.547. The topological polar surface area (TPSA) is 73.5 Å². The molecular weight excluding hydrogens is 338 g/mol. The van der Waals surface area contributed by atoms with Crippen LogP contribution >= 0.6 is 0 Å². The molecule has 0 aliphatic heterocycles. The molecule has 0 aliphatic carbocycles. The van der Waals surface area contributed by atoms with Crippen molar-refractivity contribution < 1.29 is 0 Å². The summed E-state index contributed by atoms with van der Waals surface area (Å²) in [5, 5.41) is 12.0. The summed E-state index contributed by atoms with van der Waals surface area (Å²) in [6, 6.07) is 14.1. The Morgan fingerprint density at radius 1 is 1.04 bits per heavy atom. The van der Waals surface area contributed by atoms with Gasteiger partial charge < -0.3 is 5.32 Å². The molecule has 3 heterocycles. The largest absolute Gasteiger partial charge is 0.352 e. The number of rotatable bonds is 7. The molecule has 136 valence electrons. The summed E-state index contributed by atoms with van der Waals surface area (Å²) in [5.74, 6) is 0.618. The van der Waals surface area contributed by atoms with Gasteiger partial charge in [0.1, 0.15) is 0 Å². The molecule has 1 N–H and O–H groups in total. The first-order valence-electron chi connectivity index (χ1n) is 8.95. The highest BCUT2D eigenvalue weighted by Crippen LogP contribution is 2.19. The fourth-order valence-electron chi connectivity index (χ4n) is 2.82. The Kier molecular flexibility index (Phi) is 4.91. The smallest absolute Gasteiger partial charge is 0.223 e. The number of benzene rings is 1. The first-order chi connectivity index (χ1) is 13.3. The number of para-hydroxylation sites is 1. The van der Waals surface area contributed by atoms with Crippen molar-refractivity contribution in [3.63, 3.8) is 0 Å². The summed E-state index contributed by atoms with van der Waals surface area (Å²) in [4.78, 5) is 8.98. The van der Waals surface area contributed by atoms with Gasteiger partial charge in [-0.3, -0.25) is 4.68 Å². The second-order valence-corrected chi connectivity index (χ2v) is 6.38. The summed E-state index contributed by atoms with van der Waals surface area (Å²) in [6.07, 6.45) is 10.3. The third-order valence-corrected chi connectivity index (χ3v) is 4.28. The number of hydrogen-bond donors (Lipinski definition) is 1. The predicted octanol–water partition coefficient (Wildman–Crippen LogP) is 3.42. The van der Waals surface area contributed by atoms with Crippen molar-refractivity contribution in [1.29, 1.82) is 0 Å². The summed E-state index contributed by atoms with van der Waals surface area (Å²) in [6.45, 7) is 2.97. The van der Waals surface area contributed by atoms with E-state index in [0.717, 1.165) is 29.9 Å². The van der Waals surface area contributed by atoms with E-state index in [4.69, 9.17) is 0 Å². The van der Waals surface area contributed by atoms with Crippen LogP contribution in [0.4, 0.5) is 5.95 Å². The van der Waals surface area contributed by atoms with E-state index in [0.29, 0.717) is 5.95 Å². The van der Waals surface area contributed by atoms with Crippen LogP contribution in [0.1, 0.15) is 13.3 Å². The molecule has 0 saturated heterocycles. The molecule has 0 spiro atoms. The third kappa shape index (κ3) is 4.20. The number of anilines is 1. The van der Waals surface area contributed by atoms with Gasteiger partial charge in [0.2, 0.25) is 5.95 Å². The Balaban J connectivity index is 1.44. The van der Waals surface area contributed by atoms with Gasteiger partial charge in [-0.2, -0.15) is 10.2 Å². The van der Waals surface area contributed by atoms with Crippen LogP contribution in [-0.2, 0) is 6.54 Å². The highest BCUT2D eigenvalue weighted by atomic mass is 15.3. The molecule has 0 unspecified atom stereocenters. The summed E-state index contributed by atoms with van der Waals surface area (Å²) in [7, 11) is 0. The molecule has 0 amide bonds. The molecule has 4 rings (SSSR count). The van der Waals surface area contributed by atoms with Gasteiger partial charge in [-0.15, -0.1) is 0 Å². The molecule has 1 aromatic carbocycles. The van der Waals surface area contributed by atoms with Crippen LogP contribution in [0.3, 0.4) is 0 Å². The average Bonchev–Trinajstić information content (AvgIpc) is 3.39. The third-order valence-electron chi connectivity index (χ3n) is 4.28. The van der Waals surface area contributed by atoms with Crippen LogP contribution in [0.25, 0.3) is 16.9 Å². The van der Waals surface area contributed by atoms with Gasteiger partial charge in [-0.1, -0.05) is 18.2 Å². The zero-order valence-electron chi connectivity index (χ0n) is 15.1. The van der Waals surface area contributed by atoms with Gasteiger partial charge in [-0.25, -0.2) is 14.6 Å². The van der Waals surface area contributed by atoms with Gasteiger partial charge in [-0.05, 0) is 37.6 Å². The molecule has 0 radical (unpaired) electrons. The van der Waals surface area contributed by atoms with Gasteiger partial charge in [0, 0.05) is 42.9 Å². The van der Waals surface area contributed by atoms with Crippen molar-refractivity contribution in [1.82, 2.24) is 29.5 Å². The van der Waals surface area contributed by atoms with Crippen LogP contribution in [0.5, 0.6) is 0 Å². The highest BCUT2D eigenvalue weighted by Gasteiger charge is 2.09. The van der Waals surface area contributed by atoms with E-state index in [2.05, 4.69) is 32.4 Å². The molecule has 0 aliphatic rings. The fraction of sp³-hybridized carbons (Fsp3) is 0.200. The van der Waals surface area contributed by atoms with Crippen LogP contribution in [0, 0.1) is 0 Å². The van der Waals surface area contributed by atoms with Crippen LogP contribution in [-0.4, -0.2) is 35.6 Å². The standard InChI is InChI=1S/C20H21N7/c1-16(9-13-26-12-5-10-22-26)24-20-21-11-8-19(25-20)17-14-23-27(15-17)18-6-3-2-4-7-18/h2-8,10-12,14-16H,9,13H2,1H3,(H,21,24,25)/t16-/m0/s1. The highest BCUT2D eigenvalue weighted by molar-refractivity contribution is 5.58. The maximum absolute atomic E-state index is 4.64. The molecule has 0 fully saturated rings. The van der Waals surface area contributed by atoms with E-state index in [1.807, 2.05) is 70.4 Å². The molecule has 27 heavy (non-hydrogen) atoms. The molecule has 3 aromatic heterocycles. The van der Waals surface area contributed by atoms with Crippen LogP contribution in [0.2, 0.25) is 0 Å². The van der Waals surface area contributed by atoms with E-state index in [9.17, 15) is 0 Å². The first-order valence-corrected chi connectivity index (χ1v) is 8.95. The van der Waals surface area contributed by atoms with Gasteiger partial charge >= 0.3 is 0 Å². The monoisotopic (exact) mass is 359 g/mol. The van der Waals surface area contributed by atoms with E-state index in [1.54, 1.807) is 12.4 Å². The lowest BCUT2D eigenvalue weighted by atomic mass is 10.2. The van der Waals surface area contributed by atoms with Gasteiger partial charge in [0.05, 0.1) is 17.6 Å². The second-order valence-electron chi connectivity index (χ2n) is 6.38. The van der Waals surface area contributed by atoms with Crippen LogP contribution in [0.15, 0.2) is 73.4 Å². The number of hydrogen-bond acceptors (Lipinski definition) is 5. The molecule has 4 aromatic rings. The molecule has 0 saturated carbocycles. The second kappa shape index (κ2) is 7.82. The number of nitrogens with one attached hydrogen (secondary N) is 1. The van der Waals surface area contributed by atoms with E-state index in [1.165, 1.54) is 0 Å². The molecular formula is C20H21N7. The summed E-state index contributed by atoms with van der Waals surface area (Å²) in [5.41, 5.74) is 2.81. The van der Waals surface area contributed by atoms with Crippen molar-refractivity contribution in [2.75, 3.05) is 5.32 Å². The Morgan fingerprint density at radius 3 is 2.74 bits per heavy atom. The minimum absolute atomic E-state index is 0.233. The SMILES string of the molecule is C[C@@H](CCn1cccn1)Nc1nccc(-c2cnn(-c3ccccc3)c2)n1. The van der Waals surface area contributed by atoms with Crippen molar-refractivity contribution in [3.8, 4) is 16.9 Å². The molecule has 7 heteroatoms. The van der Waals surface area contributed by atoms with Crippen molar-refractivity contribution >= 4 is 5.95 Å². The lowest BCUT2D eigenvalue weighted by Crippen LogP contribution is -2.19. The average molecular weight is 359 g/mol. The Labute approximate surface area is 157 Å². The van der Waals surface area contributed by atoms with Crippen LogP contribution < -0.4 is 5.32 Å². The first kappa shape index (κ1) is 17.0. The lowest BCUT2D eigenvalue weighted by molar-refractivity contribution is 0.544. The normalized spacial score (nSPS) is 12.0. The van der Waals surface area contributed by atoms with E-state index in [-0.39, 0.29) is 6.04 Å². The fourth-order valence-corrected chi connectivity index (χ4v) is 2.82. The predicted molar refractivity (Wildman–Crippen MR) is 105 cm³/mol. The zero-order valence-corrected chi connectivity index (χ0v) is 15.1. The molecule has 7 nitrogen and oxygen atoms in total. The van der Waals surface area contributed by atoms with Crippen molar-refractivity contribution in [3.05, 3.63) is 73.4 Å². The number of aromatic nitrogens is 6. The Hall–Kier alpha value is -3.48. The molecule has 1 atom stereocenters. The van der Waals surface area contributed by atoms with Crippen molar-refractivity contribution in [2.24, 2.45) is 0 Å². The maximum Gasteiger partial charge on any atom is 0.223 e. The van der Waals surface area contributed by atoms with E-state index < -0.39 is 0 Å². The minimum Gasteiger partial charge on any atom is -0.352 e. The molecule has 0 bridgehead atoms. The summed E-state index contributed by atoms with van der Waals surface area (Å²) < 4.78 is 3.77. The number of nitrogens with zero attached hydrogens (tertiary/aromatic N) is 6. The lowest BCUT2D eigenvalue weighted by Gasteiger charge is -2.14. The summed E-state index contributed by atoms with van der Waals surface area (Å²) >= 11 is 0. The van der Waals surface area contributed by atoms with Gasteiger partial charge in [0.15, 0.2) is 0 Å². The maximum atomic E-state index is 4.64. The number of aryl methyl sites for hydroxylation is 1. The Morgan fingerprint density at radius 2 is 1.93 bits per heavy atom. The van der Waals surface area contributed by atoms with Crippen molar-refractivity contribution in [2.45, 2.75) is 25.9 Å². The van der Waals surface area contributed by atoms with Gasteiger partial charge in [0.25, 0.3) is 0 Å².